The van der Waals surface area contributed by atoms with Crippen LogP contribution in [-0.2, 0) is 11.3 Å². The number of rotatable bonds is 2. The summed E-state index contributed by atoms with van der Waals surface area (Å²) < 4.78 is 7.53. The minimum absolute atomic E-state index is 0.477. The van der Waals surface area contributed by atoms with E-state index in [0.29, 0.717) is 12.6 Å². The number of nitrogens with zero attached hydrogens (tertiary/aromatic N) is 2. The summed E-state index contributed by atoms with van der Waals surface area (Å²) in [5.41, 5.74) is 8.01. The quantitative estimate of drug-likeness (QED) is 0.858. The third-order valence-electron chi connectivity index (χ3n) is 3.43. The molecule has 4 heteroatoms. The third-order valence-corrected chi connectivity index (χ3v) is 3.43. The van der Waals surface area contributed by atoms with E-state index in [1.165, 1.54) is 10.9 Å². The second kappa shape index (κ2) is 4.47. The highest BCUT2D eigenvalue weighted by molar-refractivity contribution is 5.79. The first-order chi connectivity index (χ1) is 8.38. The highest BCUT2D eigenvalue weighted by Crippen LogP contribution is 2.25. The minimum atomic E-state index is 0.477. The number of nitrogens with two attached hydrogens (primary N) is 1. The Hall–Kier alpha value is -1.39. The van der Waals surface area contributed by atoms with Crippen LogP contribution in [-0.4, -0.2) is 23.0 Å². The van der Waals surface area contributed by atoms with Crippen molar-refractivity contribution in [1.29, 1.82) is 0 Å². The van der Waals surface area contributed by atoms with Crippen LogP contribution in [0.5, 0.6) is 0 Å². The van der Waals surface area contributed by atoms with Crippen LogP contribution in [0.3, 0.4) is 0 Å². The first-order valence-corrected chi connectivity index (χ1v) is 6.12. The van der Waals surface area contributed by atoms with E-state index >= 15 is 0 Å². The molecule has 1 fully saturated rings. The second-order valence-corrected chi connectivity index (χ2v) is 4.53. The van der Waals surface area contributed by atoms with Crippen molar-refractivity contribution in [2.45, 2.75) is 25.4 Å². The zero-order valence-electron chi connectivity index (χ0n) is 9.80. The second-order valence-electron chi connectivity index (χ2n) is 4.53. The van der Waals surface area contributed by atoms with Gasteiger partial charge in [-0.05, 0) is 30.5 Å². The normalized spacial score (nSPS) is 17.7. The lowest BCUT2D eigenvalue weighted by molar-refractivity contribution is 0.0675. The number of ether oxygens (including phenoxy) is 1. The van der Waals surface area contributed by atoms with E-state index in [1.54, 1.807) is 0 Å². The molecule has 1 aliphatic heterocycles. The molecule has 0 amide bonds. The predicted molar refractivity (Wildman–Crippen MR) is 66.7 cm³/mol. The van der Waals surface area contributed by atoms with Gasteiger partial charge in [0.15, 0.2) is 0 Å². The topological polar surface area (TPSA) is 53.1 Å². The van der Waals surface area contributed by atoms with Gasteiger partial charge in [0.2, 0.25) is 0 Å². The molecule has 1 aromatic carbocycles. The number of aromatic nitrogens is 2. The number of hydrogen-bond acceptors (Lipinski definition) is 3. The summed E-state index contributed by atoms with van der Waals surface area (Å²) in [6.45, 7) is 2.26. The van der Waals surface area contributed by atoms with Crippen molar-refractivity contribution in [2.24, 2.45) is 5.73 Å². The van der Waals surface area contributed by atoms with Crippen molar-refractivity contribution in [1.82, 2.24) is 9.78 Å². The molecule has 0 unspecified atom stereocenters. The van der Waals surface area contributed by atoms with Crippen LogP contribution in [0.1, 0.15) is 24.4 Å². The Labute approximate surface area is 100 Å². The van der Waals surface area contributed by atoms with E-state index in [4.69, 9.17) is 10.5 Å². The van der Waals surface area contributed by atoms with Crippen LogP contribution in [0.25, 0.3) is 10.9 Å². The highest BCUT2D eigenvalue weighted by atomic mass is 16.5. The Kier molecular flexibility index (Phi) is 2.82. The van der Waals surface area contributed by atoms with Gasteiger partial charge < -0.3 is 10.5 Å². The molecule has 0 atom stereocenters. The molecule has 0 radical (unpaired) electrons. The molecule has 0 saturated carbocycles. The van der Waals surface area contributed by atoms with Gasteiger partial charge in [0.05, 0.1) is 17.8 Å². The van der Waals surface area contributed by atoms with Gasteiger partial charge in [0.25, 0.3) is 0 Å². The molecule has 0 spiro atoms. The summed E-state index contributed by atoms with van der Waals surface area (Å²) in [5.74, 6) is 0. The van der Waals surface area contributed by atoms with Crippen molar-refractivity contribution in [3.05, 3.63) is 30.0 Å². The number of hydrogen-bond donors (Lipinski definition) is 1. The molecule has 17 heavy (non-hydrogen) atoms. The van der Waals surface area contributed by atoms with Gasteiger partial charge in [0, 0.05) is 25.1 Å². The first kappa shape index (κ1) is 10.7. The van der Waals surface area contributed by atoms with Crippen molar-refractivity contribution in [3.63, 3.8) is 0 Å². The minimum Gasteiger partial charge on any atom is -0.381 e. The Bertz CT molecular complexity index is 514. The summed E-state index contributed by atoms with van der Waals surface area (Å²) in [7, 11) is 0. The summed E-state index contributed by atoms with van der Waals surface area (Å²) in [6.07, 6.45) is 4.04. The Morgan fingerprint density at radius 3 is 2.94 bits per heavy atom. The van der Waals surface area contributed by atoms with E-state index in [-0.39, 0.29) is 0 Å². The van der Waals surface area contributed by atoms with Crippen molar-refractivity contribution in [3.8, 4) is 0 Å². The Morgan fingerprint density at radius 2 is 2.18 bits per heavy atom. The zero-order chi connectivity index (χ0) is 11.7. The lowest BCUT2D eigenvalue weighted by Crippen LogP contribution is -2.20. The number of benzene rings is 1. The molecule has 4 nitrogen and oxygen atoms in total. The maximum Gasteiger partial charge on any atom is 0.0685 e. The fraction of sp³-hybridized carbons (Fsp3) is 0.462. The molecule has 0 bridgehead atoms. The Balaban J connectivity index is 1.99. The summed E-state index contributed by atoms with van der Waals surface area (Å²) in [5, 5.41) is 5.69. The van der Waals surface area contributed by atoms with Gasteiger partial charge in [-0.1, -0.05) is 6.07 Å². The van der Waals surface area contributed by atoms with Gasteiger partial charge in [-0.2, -0.15) is 5.10 Å². The lowest BCUT2D eigenvalue weighted by atomic mass is 10.1. The zero-order valence-corrected chi connectivity index (χ0v) is 9.80. The molecular weight excluding hydrogens is 214 g/mol. The van der Waals surface area contributed by atoms with E-state index in [0.717, 1.165) is 31.6 Å². The standard InChI is InChI=1S/C13H17N3O/c14-8-10-1-2-13-11(7-10)9-15-16(13)12-3-5-17-6-4-12/h1-2,7,9,12H,3-6,8,14H2. The largest absolute Gasteiger partial charge is 0.381 e. The molecule has 0 aliphatic carbocycles. The van der Waals surface area contributed by atoms with E-state index in [9.17, 15) is 0 Å². The molecule has 2 heterocycles. The maximum atomic E-state index is 5.65. The molecule has 1 aromatic heterocycles. The van der Waals surface area contributed by atoms with Gasteiger partial charge in [-0.25, -0.2) is 0 Å². The van der Waals surface area contributed by atoms with Gasteiger partial charge in [-0.15, -0.1) is 0 Å². The molecule has 2 N–H and O–H groups in total. The smallest absolute Gasteiger partial charge is 0.0685 e. The Morgan fingerprint density at radius 1 is 1.35 bits per heavy atom. The average molecular weight is 231 g/mol. The van der Waals surface area contributed by atoms with Crippen molar-refractivity contribution < 1.29 is 4.74 Å². The van der Waals surface area contributed by atoms with Crippen LogP contribution in [0.2, 0.25) is 0 Å². The molecular formula is C13H17N3O. The first-order valence-electron chi connectivity index (χ1n) is 6.12. The van der Waals surface area contributed by atoms with Crippen molar-refractivity contribution in [2.75, 3.05) is 13.2 Å². The van der Waals surface area contributed by atoms with Crippen LogP contribution >= 0.6 is 0 Å². The van der Waals surface area contributed by atoms with Crippen LogP contribution < -0.4 is 5.73 Å². The highest BCUT2D eigenvalue weighted by Gasteiger charge is 2.18. The van der Waals surface area contributed by atoms with Crippen LogP contribution in [0, 0.1) is 0 Å². The fourth-order valence-corrected chi connectivity index (χ4v) is 2.45. The summed E-state index contributed by atoms with van der Waals surface area (Å²) in [6, 6.07) is 6.81. The SMILES string of the molecule is NCc1ccc2c(cnn2C2CCOCC2)c1. The van der Waals surface area contributed by atoms with Crippen LogP contribution in [0.15, 0.2) is 24.4 Å². The molecule has 90 valence electrons. The van der Waals surface area contributed by atoms with Gasteiger partial charge in [-0.3, -0.25) is 4.68 Å². The summed E-state index contributed by atoms with van der Waals surface area (Å²) >= 11 is 0. The fourth-order valence-electron chi connectivity index (χ4n) is 2.45. The number of fused-ring (bicyclic) bond motifs is 1. The monoisotopic (exact) mass is 231 g/mol. The summed E-state index contributed by atoms with van der Waals surface area (Å²) in [4.78, 5) is 0. The molecule has 2 aromatic rings. The van der Waals surface area contributed by atoms with Gasteiger partial charge >= 0.3 is 0 Å². The average Bonchev–Trinajstić information content (AvgIpc) is 2.82. The maximum absolute atomic E-state index is 5.65. The van der Waals surface area contributed by atoms with Crippen molar-refractivity contribution >= 4 is 10.9 Å². The predicted octanol–water partition coefficient (Wildman–Crippen LogP) is 1.85. The third kappa shape index (κ3) is 1.94. The van der Waals surface area contributed by atoms with E-state index in [1.807, 2.05) is 6.20 Å². The lowest BCUT2D eigenvalue weighted by Gasteiger charge is -2.23. The van der Waals surface area contributed by atoms with Gasteiger partial charge in [0.1, 0.15) is 0 Å². The molecule has 1 aliphatic rings. The van der Waals surface area contributed by atoms with E-state index in [2.05, 4.69) is 28.0 Å². The molecule has 1 saturated heterocycles. The molecule has 3 rings (SSSR count). The van der Waals surface area contributed by atoms with Crippen LogP contribution in [0.4, 0.5) is 0 Å². The van der Waals surface area contributed by atoms with E-state index < -0.39 is 0 Å².